The number of carbonyl (C=O) groups is 1. The molecule has 1 aromatic heterocycles. The number of fused-ring (bicyclic) bond motifs is 1. The molecule has 0 spiro atoms. The van der Waals surface area contributed by atoms with Gasteiger partial charge in [-0.2, -0.15) is 0 Å². The lowest BCUT2D eigenvalue weighted by atomic mass is 10.00. The van der Waals surface area contributed by atoms with Crippen molar-refractivity contribution >= 4 is 29.0 Å². The van der Waals surface area contributed by atoms with Crippen LogP contribution in [0.3, 0.4) is 0 Å². The third kappa shape index (κ3) is 2.38. The number of para-hydroxylation sites is 1. The summed E-state index contributed by atoms with van der Waals surface area (Å²) in [6.45, 7) is 12.7. The number of aromatic nitrogens is 1. The first kappa shape index (κ1) is 13.7. The molecule has 2 rings (SSSR count). The van der Waals surface area contributed by atoms with Crippen LogP contribution < -0.4 is 0 Å². The number of hydrogen-bond donors (Lipinski definition) is 0. The molecule has 0 aliphatic carbocycles. The molecule has 0 fully saturated rings. The van der Waals surface area contributed by atoms with Crippen LogP contribution in [0.4, 0.5) is 0 Å². The van der Waals surface area contributed by atoms with Crippen molar-refractivity contribution in [3.63, 3.8) is 0 Å². The minimum atomic E-state index is -0.464. The molecule has 100 valence electrons. The maximum Gasteiger partial charge on any atom is 0.344 e. The fourth-order valence-corrected chi connectivity index (χ4v) is 2.04. The zero-order chi connectivity index (χ0) is 14.7. The molecule has 0 radical (unpaired) electrons. The molecule has 3 heteroatoms. The fraction of sp³-hybridized carbons (Fsp3) is 0.0588. The number of esters is 1. The summed E-state index contributed by atoms with van der Waals surface area (Å²) in [5.74, 6) is -0.125. The molecule has 0 saturated heterocycles. The van der Waals surface area contributed by atoms with E-state index < -0.39 is 5.97 Å². The molecular formula is C17H15NO2. The lowest BCUT2D eigenvalue weighted by molar-refractivity contribution is 0.0629. The fourth-order valence-electron chi connectivity index (χ4n) is 2.04. The van der Waals surface area contributed by atoms with Crippen LogP contribution in [0.1, 0.15) is 28.5 Å². The van der Waals surface area contributed by atoms with E-state index in [1.807, 2.05) is 24.3 Å². The summed E-state index contributed by atoms with van der Waals surface area (Å²) in [5, 5.41) is 0.722. The van der Waals surface area contributed by atoms with Crippen LogP contribution in [-0.4, -0.2) is 11.0 Å². The maximum absolute atomic E-state index is 12.3. The first-order valence-corrected chi connectivity index (χ1v) is 6.13. The van der Waals surface area contributed by atoms with Gasteiger partial charge in [0.05, 0.1) is 22.5 Å². The second-order valence-electron chi connectivity index (χ2n) is 4.30. The van der Waals surface area contributed by atoms with Crippen LogP contribution in [0, 0.1) is 0 Å². The SMILES string of the molecule is C=Cc1nc2ccccc2c(C(=O)OC(=C)C)c1C=C. The van der Waals surface area contributed by atoms with Crippen molar-refractivity contribution in [1.82, 2.24) is 4.98 Å². The van der Waals surface area contributed by atoms with Crippen LogP contribution in [-0.2, 0) is 4.74 Å². The van der Waals surface area contributed by atoms with E-state index in [4.69, 9.17) is 4.74 Å². The van der Waals surface area contributed by atoms with E-state index in [0.717, 1.165) is 5.39 Å². The van der Waals surface area contributed by atoms with Gasteiger partial charge in [-0.25, -0.2) is 9.78 Å². The van der Waals surface area contributed by atoms with Gasteiger partial charge in [-0.15, -0.1) is 0 Å². The largest absolute Gasteiger partial charge is 0.428 e. The number of ether oxygens (including phenoxy) is 1. The van der Waals surface area contributed by atoms with Crippen LogP contribution in [0.5, 0.6) is 0 Å². The highest BCUT2D eigenvalue weighted by molar-refractivity contribution is 6.07. The molecule has 3 nitrogen and oxygen atoms in total. The van der Waals surface area contributed by atoms with E-state index in [1.54, 1.807) is 19.1 Å². The predicted molar refractivity (Wildman–Crippen MR) is 82.2 cm³/mol. The number of pyridine rings is 1. The maximum atomic E-state index is 12.3. The van der Waals surface area contributed by atoms with Gasteiger partial charge in [0.2, 0.25) is 0 Å². The summed E-state index contributed by atoms with van der Waals surface area (Å²) >= 11 is 0. The second-order valence-corrected chi connectivity index (χ2v) is 4.30. The minimum absolute atomic E-state index is 0.339. The Kier molecular flexibility index (Phi) is 3.80. The zero-order valence-corrected chi connectivity index (χ0v) is 11.3. The van der Waals surface area contributed by atoms with E-state index in [1.165, 1.54) is 0 Å². The molecule has 0 aliphatic rings. The first-order chi connectivity index (χ1) is 9.58. The third-order valence-corrected chi connectivity index (χ3v) is 2.83. The van der Waals surface area contributed by atoms with Gasteiger partial charge in [-0.3, -0.25) is 0 Å². The monoisotopic (exact) mass is 265 g/mol. The van der Waals surface area contributed by atoms with Gasteiger partial charge in [-0.05, 0) is 19.1 Å². The number of carbonyl (C=O) groups excluding carboxylic acids is 1. The van der Waals surface area contributed by atoms with Crippen molar-refractivity contribution in [3.8, 4) is 0 Å². The molecule has 1 heterocycles. The van der Waals surface area contributed by atoms with E-state index in [-0.39, 0.29) is 0 Å². The van der Waals surface area contributed by atoms with Crippen LogP contribution in [0.15, 0.2) is 49.8 Å². The molecule has 0 N–H and O–H groups in total. The molecule has 0 aliphatic heterocycles. The summed E-state index contributed by atoms with van der Waals surface area (Å²) in [6, 6.07) is 7.38. The molecule has 2 aromatic rings. The molecule has 1 aromatic carbocycles. The van der Waals surface area contributed by atoms with Gasteiger partial charge in [0.15, 0.2) is 0 Å². The lowest BCUT2D eigenvalue weighted by Gasteiger charge is -2.12. The Morgan fingerprint density at radius 2 is 1.95 bits per heavy atom. The van der Waals surface area contributed by atoms with Gasteiger partial charge in [-0.1, -0.05) is 44.0 Å². The molecule has 0 unspecified atom stereocenters. The summed E-state index contributed by atoms with van der Waals surface area (Å²) in [7, 11) is 0. The van der Waals surface area contributed by atoms with E-state index >= 15 is 0 Å². The van der Waals surface area contributed by atoms with Crippen LogP contribution in [0.2, 0.25) is 0 Å². The summed E-state index contributed by atoms with van der Waals surface area (Å²) in [4.78, 5) is 16.8. The first-order valence-electron chi connectivity index (χ1n) is 6.13. The standard InChI is InChI=1S/C17H15NO2/c1-5-12-14(6-2)18-15-10-8-7-9-13(15)16(12)17(19)20-11(3)4/h5-10H,1-3H2,4H3. The van der Waals surface area contributed by atoms with Crippen LogP contribution >= 0.6 is 0 Å². The lowest BCUT2D eigenvalue weighted by Crippen LogP contribution is -2.09. The van der Waals surface area contributed by atoms with Gasteiger partial charge >= 0.3 is 5.97 Å². The van der Waals surface area contributed by atoms with E-state index in [2.05, 4.69) is 24.7 Å². The topological polar surface area (TPSA) is 39.2 Å². The Morgan fingerprint density at radius 3 is 2.55 bits per heavy atom. The van der Waals surface area contributed by atoms with Crippen molar-refractivity contribution in [2.75, 3.05) is 0 Å². The van der Waals surface area contributed by atoms with Gasteiger partial charge in [0.25, 0.3) is 0 Å². The average molecular weight is 265 g/mol. The average Bonchev–Trinajstić information content (AvgIpc) is 2.44. The molecule has 0 amide bonds. The Morgan fingerprint density at radius 1 is 1.25 bits per heavy atom. The highest BCUT2D eigenvalue weighted by Gasteiger charge is 2.19. The number of benzene rings is 1. The number of hydrogen-bond acceptors (Lipinski definition) is 3. The molecule has 0 bridgehead atoms. The Bertz CT molecular complexity index is 729. The number of nitrogens with zero attached hydrogens (tertiary/aromatic N) is 1. The quantitative estimate of drug-likeness (QED) is 0.614. The van der Waals surface area contributed by atoms with Crippen molar-refractivity contribution in [3.05, 3.63) is 66.6 Å². The van der Waals surface area contributed by atoms with E-state index in [9.17, 15) is 4.79 Å². The van der Waals surface area contributed by atoms with Gasteiger partial charge in [0.1, 0.15) is 0 Å². The second kappa shape index (κ2) is 5.53. The number of allylic oxidation sites excluding steroid dienone is 1. The molecule has 20 heavy (non-hydrogen) atoms. The van der Waals surface area contributed by atoms with Crippen molar-refractivity contribution in [2.45, 2.75) is 6.92 Å². The highest BCUT2D eigenvalue weighted by Crippen LogP contribution is 2.26. The normalized spacial score (nSPS) is 10.1. The van der Waals surface area contributed by atoms with Crippen molar-refractivity contribution in [1.29, 1.82) is 0 Å². The van der Waals surface area contributed by atoms with Gasteiger partial charge < -0.3 is 4.74 Å². The zero-order valence-electron chi connectivity index (χ0n) is 11.3. The summed E-state index contributed by atoms with van der Waals surface area (Å²) in [6.07, 6.45) is 3.19. The highest BCUT2D eigenvalue weighted by atomic mass is 16.5. The van der Waals surface area contributed by atoms with Gasteiger partial charge in [0, 0.05) is 10.9 Å². The molecule has 0 saturated carbocycles. The third-order valence-electron chi connectivity index (χ3n) is 2.83. The van der Waals surface area contributed by atoms with Crippen molar-refractivity contribution < 1.29 is 9.53 Å². The van der Waals surface area contributed by atoms with Crippen molar-refractivity contribution in [2.24, 2.45) is 0 Å². The van der Waals surface area contributed by atoms with Crippen LogP contribution in [0.25, 0.3) is 23.1 Å². The Hall–Kier alpha value is -2.68. The summed E-state index contributed by atoms with van der Waals surface area (Å²) < 4.78 is 5.14. The molecule has 0 atom stereocenters. The minimum Gasteiger partial charge on any atom is -0.428 e. The Labute approximate surface area is 117 Å². The smallest absolute Gasteiger partial charge is 0.344 e. The predicted octanol–water partition coefficient (Wildman–Crippen LogP) is 4.21. The Balaban J connectivity index is 2.82. The molecular weight excluding hydrogens is 250 g/mol. The number of rotatable bonds is 4. The van der Waals surface area contributed by atoms with E-state index in [0.29, 0.717) is 28.1 Å². The summed E-state index contributed by atoms with van der Waals surface area (Å²) in [5.41, 5.74) is 2.36.